The Labute approximate surface area is 206 Å². The minimum Gasteiger partial charge on any atom is -0.490 e. The van der Waals surface area contributed by atoms with Crippen LogP contribution in [0.15, 0.2) is 42.5 Å². The highest BCUT2D eigenvalue weighted by molar-refractivity contribution is 7.18. The first-order valence-electron chi connectivity index (χ1n) is 11.4. The normalized spacial score (nSPS) is 20.5. The molecule has 1 saturated heterocycles. The number of carbonyl (C=O) groups is 3. The van der Waals surface area contributed by atoms with Crippen LogP contribution in [0.25, 0.3) is 10.2 Å². The molecule has 35 heavy (non-hydrogen) atoms. The number of thiazole rings is 1. The van der Waals surface area contributed by atoms with Gasteiger partial charge >= 0.3 is 6.03 Å². The molecule has 10 heteroatoms. The Morgan fingerprint density at radius 2 is 1.94 bits per heavy atom. The van der Waals surface area contributed by atoms with Crippen LogP contribution in [-0.4, -0.2) is 59.4 Å². The van der Waals surface area contributed by atoms with E-state index in [-0.39, 0.29) is 18.5 Å². The van der Waals surface area contributed by atoms with Crippen LogP contribution in [0, 0.1) is 0 Å². The van der Waals surface area contributed by atoms with E-state index >= 15 is 0 Å². The van der Waals surface area contributed by atoms with Crippen molar-refractivity contribution in [3.05, 3.63) is 53.0 Å². The predicted molar refractivity (Wildman–Crippen MR) is 130 cm³/mol. The number of hydrogen-bond acceptors (Lipinski definition) is 7. The SMILES string of the molecule is C[C@H](c1nc2ccccc2s1)N(C)C(=O)CN1C(=O)N[C@@](C)(c2ccc3c(c2)OCCCO3)C1=O. The van der Waals surface area contributed by atoms with Crippen LogP contribution in [0.4, 0.5) is 4.79 Å². The molecule has 2 aliphatic heterocycles. The maximum absolute atomic E-state index is 13.4. The van der Waals surface area contributed by atoms with Crippen molar-refractivity contribution in [1.82, 2.24) is 20.1 Å². The maximum atomic E-state index is 13.4. The molecule has 2 aromatic carbocycles. The number of benzene rings is 2. The van der Waals surface area contributed by atoms with Crippen molar-refractivity contribution in [3.8, 4) is 11.5 Å². The van der Waals surface area contributed by atoms with Gasteiger partial charge in [-0.2, -0.15) is 0 Å². The summed E-state index contributed by atoms with van der Waals surface area (Å²) in [6.45, 7) is 4.20. The van der Waals surface area contributed by atoms with Crippen molar-refractivity contribution in [2.24, 2.45) is 0 Å². The van der Waals surface area contributed by atoms with E-state index in [9.17, 15) is 14.4 Å². The van der Waals surface area contributed by atoms with Gasteiger partial charge in [0.15, 0.2) is 11.5 Å². The highest BCUT2D eigenvalue weighted by Gasteiger charge is 2.50. The number of urea groups is 1. The molecular weight excluding hydrogens is 468 g/mol. The Hall–Kier alpha value is -3.66. The summed E-state index contributed by atoms with van der Waals surface area (Å²) in [5.74, 6) is 0.279. The number of imide groups is 1. The fourth-order valence-corrected chi connectivity index (χ4v) is 5.27. The fourth-order valence-electron chi connectivity index (χ4n) is 4.21. The molecule has 3 heterocycles. The molecule has 1 N–H and O–H groups in total. The number of ether oxygens (including phenoxy) is 2. The smallest absolute Gasteiger partial charge is 0.325 e. The predicted octanol–water partition coefficient (Wildman–Crippen LogP) is 3.44. The number of hydrogen-bond donors (Lipinski definition) is 1. The van der Waals surface area contributed by atoms with Crippen LogP contribution >= 0.6 is 11.3 Å². The van der Waals surface area contributed by atoms with Gasteiger partial charge in [0.1, 0.15) is 17.1 Å². The molecule has 0 spiro atoms. The van der Waals surface area contributed by atoms with E-state index in [0.29, 0.717) is 30.3 Å². The Bertz CT molecular complexity index is 1290. The molecule has 1 fully saturated rings. The van der Waals surface area contributed by atoms with E-state index in [4.69, 9.17) is 9.47 Å². The summed E-state index contributed by atoms with van der Waals surface area (Å²) in [6.07, 6.45) is 0.760. The summed E-state index contributed by atoms with van der Waals surface area (Å²) in [6, 6.07) is 12.0. The van der Waals surface area contributed by atoms with E-state index in [1.807, 2.05) is 31.2 Å². The molecule has 182 valence electrons. The third-order valence-electron chi connectivity index (χ3n) is 6.54. The zero-order chi connectivity index (χ0) is 24.7. The van der Waals surface area contributed by atoms with Crippen molar-refractivity contribution < 1.29 is 23.9 Å². The largest absolute Gasteiger partial charge is 0.490 e. The minimum absolute atomic E-state index is 0.311. The van der Waals surface area contributed by atoms with Crippen LogP contribution in [-0.2, 0) is 15.1 Å². The molecule has 3 aromatic rings. The molecule has 1 aromatic heterocycles. The molecule has 0 saturated carbocycles. The Balaban J connectivity index is 1.32. The standard InChI is InChI=1S/C25H26N4O5S/c1-15(22-26-17-7-4-5-8-20(17)35-22)28(3)21(30)14-29-23(31)25(2,27-24(29)32)16-9-10-18-19(13-16)34-12-6-11-33-18/h4-5,7-10,13,15H,6,11-12,14H2,1-3H3,(H,27,32)/t15-,25+/m1/s1. The second-order valence-electron chi connectivity index (χ2n) is 8.86. The summed E-state index contributed by atoms with van der Waals surface area (Å²) in [5, 5.41) is 3.54. The molecule has 0 unspecified atom stereocenters. The van der Waals surface area contributed by atoms with Crippen molar-refractivity contribution in [1.29, 1.82) is 0 Å². The quantitative estimate of drug-likeness (QED) is 0.546. The van der Waals surface area contributed by atoms with Gasteiger partial charge in [-0.1, -0.05) is 18.2 Å². The van der Waals surface area contributed by atoms with E-state index < -0.39 is 17.5 Å². The lowest BCUT2D eigenvalue weighted by Gasteiger charge is -2.26. The molecule has 0 bridgehead atoms. The highest BCUT2D eigenvalue weighted by Crippen LogP contribution is 2.37. The number of aromatic nitrogens is 1. The number of likely N-dealkylation sites (N-methyl/N-ethyl adjacent to an activating group) is 1. The first kappa shape index (κ1) is 23.1. The summed E-state index contributed by atoms with van der Waals surface area (Å²) in [4.78, 5) is 46.4. The first-order valence-corrected chi connectivity index (χ1v) is 12.2. The van der Waals surface area contributed by atoms with Gasteiger partial charge < -0.3 is 19.7 Å². The number of fused-ring (bicyclic) bond motifs is 2. The van der Waals surface area contributed by atoms with Gasteiger partial charge in [-0.3, -0.25) is 14.5 Å². The summed E-state index contributed by atoms with van der Waals surface area (Å²) in [7, 11) is 1.65. The van der Waals surface area contributed by atoms with Gasteiger partial charge in [0.2, 0.25) is 5.91 Å². The van der Waals surface area contributed by atoms with E-state index in [2.05, 4.69) is 10.3 Å². The van der Waals surface area contributed by atoms with Gasteiger partial charge in [-0.25, -0.2) is 9.78 Å². The monoisotopic (exact) mass is 494 g/mol. The third kappa shape index (κ3) is 4.07. The zero-order valence-corrected chi connectivity index (χ0v) is 20.6. The summed E-state index contributed by atoms with van der Waals surface area (Å²) < 4.78 is 12.4. The van der Waals surface area contributed by atoms with Crippen LogP contribution in [0.5, 0.6) is 11.5 Å². The Morgan fingerprint density at radius 1 is 1.20 bits per heavy atom. The Kier molecular flexibility index (Phi) is 5.84. The van der Waals surface area contributed by atoms with Crippen molar-refractivity contribution in [2.45, 2.75) is 31.8 Å². The number of carbonyl (C=O) groups excluding carboxylic acids is 3. The number of nitrogens with zero attached hydrogens (tertiary/aromatic N) is 3. The van der Waals surface area contributed by atoms with Gasteiger partial charge in [-0.05, 0) is 43.7 Å². The van der Waals surface area contributed by atoms with Gasteiger partial charge in [-0.15, -0.1) is 11.3 Å². The number of rotatable bonds is 5. The number of para-hydroxylation sites is 1. The molecule has 0 aliphatic carbocycles. The number of amides is 4. The van der Waals surface area contributed by atoms with Gasteiger partial charge in [0, 0.05) is 13.5 Å². The van der Waals surface area contributed by atoms with E-state index in [0.717, 1.165) is 26.5 Å². The lowest BCUT2D eigenvalue weighted by Crippen LogP contribution is -2.44. The average Bonchev–Trinajstić information content (AvgIpc) is 3.27. The van der Waals surface area contributed by atoms with Crippen molar-refractivity contribution in [2.75, 3.05) is 26.8 Å². The van der Waals surface area contributed by atoms with Gasteiger partial charge in [0.05, 0.1) is 29.5 Å². The van der Waals surface area contributed by atoms with E-state index in [1.54, 1.807) is 32.2 Å². The topological polar surface area (TPSA) is 101 Å². The van der Waals surface area contributed by atoms with Gasteiger partial charge in [0.25, 0.3) is 5.91 Å². The fraction of sp³-hybridized carbons (Fsp3) is 0.360. The molecule has 5 rings (SSSR count). The zero-order valence-electron chi connectivity index (χ0n) is 19.7. The molecule has 9 nitrogen and oxygen atoms in total. The average molecular weight is 495 g/mol. The molecule has 4 amide bonds. The minimum atomic E-state index is -1.32. The molecular formula is C25H26N4O5S. The molecule has 0 radical (unpaired) electrons. The lowest BCUT2D eigenvalue weighted by atomic mass is 9.91. The molecule has 2 aliphatic rings. The Morgan fingerprint density at radius 3 is 2.71 bits per heavy atom. The van der Waals surface area contributed by atoms with Crippen molar-refractivity contribution in [3.63, 3.8) is 0 Å². The lowest BCUT2D eigenvalue weighted by molar-refractivity contribution is -0.139. The first-order chi connectivity index (χ1) is 16.8. The number of nitrogens with one attached hydrogen (secondary N) is 1. The summed E-state index contributed by atoms with van der Waals surface area (Å²) in [5.41, 5.74) is 0.116. The van der Waals surface area contributed by atoms with Crippen LogP contribution in [0.1, 0.15) is 36.9 Å². The highest BCUT2D eigenvalue weighted by atomic mass is 32.1. The van der Waals surface area contributed by atoms with Crippen LogP contribution in [0.2, 0.25) is 0 Å². The second kappa shape index (κ2) is 8.84. The maximum Gasteiger partial charge on any atom is 0.325 e. The summed E-state index contributed by atoms with van der Waals surface area (Å²) >= 11 is 1.52. The van der Waals surface area contributed by atoms with Crippen LogP contribution in [0.3, 0.4) is 0 Å². The molecule has 2 atom stereocenters. The third-order valence-corrected chi connectivity index (χ3v) is 7.74. The van der Waals surface area contributed by atoms with Crippen LogP contribution < -0.4 is 14.8 Å². The van der Waals surface area contributed by atoms with E-state index in [1.165, 1.54) is 16.2 Å². The second-order valence-corrected chi connectivity index (χ2v) is 9.92. The van der Waals surface area contributed by atoms with Crippen molar-refractivity contribution >= 4 is 39.4 Å².